The summed E-state index contributed by atoms with van der Waals surface area (Å²) in [6.45, 7) is 4.29. The maximum Gasteiger partial charge on any atom is 0.336 e. The van der Waals surface area contributed by atoms with Crippen molar-refractivity contribution in [3.63, 3.8) is 0 Å². The molecule has 0 spiro atoms. The van der Waals surface area contributed by atoms with Crippen LogP contribution in [0, 0.1) is 0 Å². The molecule has 3 aromatic rings. The minimum absolute atomic E-state index is 0.139. The number of para-hydroxylation sites is 2. The van der Waals surface area contributed by atoms with E-state index < -0.39 is 0 Å². The molecule has 1 saturated heterocycles. The number of aromatic nitrogens is 2. The second-order valence-electron chi connectivity index (χ2n) is 6.99. The summed E-state index contributed by atoms with van der Waals surface area (Å²) in [5.41, 5.74) is 2.67. The number of imidazole rings is 1. The molecule has 2 aromatic carbocycles. The van der Waals surface area contributed by atoms with Gasteiger partial charge in [-0.05, 0) is 30.5 Å². The van der Waals surface area contributed by atoms with Gasteiger partial charge in [-0.2, -0.15) is 0 Å². The number of piperidine rings is 1. The topological polar surface area (TPSA) is 47.2 Å². The van der Waals surface area contributed by atoms with Gasteiger partial charge in [-0.1, -0.05) is 42.5 Å². The van der Waals surface area contributed by atoms with Crippen molar-refractivity contribution in [2.75, 3.05) is 13.1 Å². The number of carbonyl (C=O) groups excluding carboxylic acids is 1. The van der Waals surface area contributed by atoms with Crippen molar-refractivity contribution in [2.45, 2.75) is 32.4 Å². The van der Waals surface area contributed by atoms with Crippen molar-refractivity contribution >= 4 is 16.9 Å². The Morgan fingerprint density at radius 3 is 2.23 bits per heavy atom. The lowest BCUT2D eigenvalue weighted by molar-refractivity contribution is 0.0935. The van der Waals surface area contributed by atoms with Gasteiger partial charge in [0.2, 0.25) is 5.91 Å². The molecule has 26 heavy (non-hydrogen) atoms. The number of hydrogen-bond acceptors (Lipinski definition) is 3. The molecule has 5 heteroatoms. The summed E-state index contributed by atoms with van der Waals surface area (Å²) in [5.74, 6) is -0.230. The summed E-state index contributed by atoms with van der Waals surface area (Å²) >= 11 is 0. The van der Waals surface area contributed by atoms with Crippen LogP contribution in [0.1, 0.15) is 36.2 Å². The van der Waals surface area contributed by atoms with Crippen molar-refractivity contribution in [2.24, 2.45) is 0 Å². The molecule has 1 fully saturated rings. The van der Waals surface area contributed by atoms with Crippen LogP contribution in [0.2, 0.25) is 0 Å². The predicted molar refractivity (Wildman–Crippen MR) is 102 cm³/mol. The van der Waals surface area contributed by atoms with Crippen LogP contribution in [-0.4, -0.2) is 33.0 Å². The molecule has 1 aliphatic heterocycles. The molecule has 1 aliphatic rings. The van der Waals surface area contributed by atoms with Crippen LogP contribution < -0.4 is 5.69 Å². The number of hydrogen-bond donors (Lipinski definition) is 0. The molecule has 0 saturated carbocycles. The van der Waals surface area contributed by atoms with E-state index in [9.17, 15) is 9.59 Å². The Bertz CT molecular complexity index is 979. The number of nitrogens with zero attached hydrogens (tertiary/aromatic N) is 3. The van der Waals surface area contributed by atoms with Gasteiger partial charge < -0.3 is 0 Å². The zero-order valence-corrected chi connectivity index (χ0v) is 15.0. The molecule has 0 N–H and O–H groups in total. The summed E-state index contributed by atoms with van der Waals surface area (Å²) in [6, 6.07) is 18.2. The first-order chi connectivity index (χ1) is 12.6. The maximum atomic E-state index is 12.9. The molecule has 5 nitrogen and oxygen atoms in total. The van der Waals surface area contributed by atoms with Crippen LogP contribution in [0.4, 0.5) is 0 Å². The van der Waals surface area contributed by atoms with E-state index in [4.69, 9.17) is 0 Å². The van der Waals surface area contributed by atoms with E-state index in [1.165, 1.54) is 17.1 Å². The fourth-order valence-corrected chi connectivity index (χ4v) is 4.01. The van der Waals surface area contributed by atoms with Crippen molar-refractivity contribution in [3.8, 4) is 0 Å². The van der Waals surface area contributed by atoms with Gasteiger partial charge >= 0.3 is 5.69 Å². The highest BCUT2D eigenvalue weighted by Crippen LogP contribution is 2.26. The van der Waals surface area contributed by atoms with Gasteiger partial charge in [0, 0.05) is 32.6 Å². The van der Waals surface area contributed by atoms with Crippen molar-refractivity contribution in [1.82, 2.24) is 14.0 Å². The third kappa shape index (κ3) is 2.99. The Morgan fingerprint density at radius 1 is 0.962 bits per heavy atom. The molecule has 2 heterocycles. The monoisotopic (exact) mass is 349 g/mol. The van der Waals surface area contributed by atoms with E-state index in [0.717, 1.165) is 38.0 Å². The third-order valence-corrected chi connectivity index (χ3v) is 5.27. The third-order valence-electron chi connectivity index (χ3n) is 5.27. The number of likely N-dealkylation sites (tertiary alicyclic amines) is 1. The molecule has 4 rings (SSSR count). The molecular formula is C21H23N3O2. The average molecular weight is 349 g/mol. The molecule has 134 valence electrons. The quantitative estimate of drug-likeness (QED) is 0.729. The Morgan fingerprint density at radius 2 is 1.58 bits per heavy atom. The molecule has 0 radical (unpaired) electrons. The minimum Gasteiger partial charge on any atom is -0.299 e. The van der Waals surface area contributed by atoms with Crippen molar-refractivity contribution < 1.29 is 4.79 Å². The highest BCUT2D eigenvalue weighted by molar-refractivity contribution is 5.89. The molecule has 0 atom stereocenters. The maximum absolute atomic E-state index is 12.9. The first-order valence-electron chi connectivity index (χ1n) is 9.14. The Balaban J connectivity index is 1.58. The minimum atomic E-state index is -0.230. The van der Waals surface area contributed by atoms with Crippen LogP contribution in [0.25, 0.3) is 11.0 Å². The van der Waals surface area contributed by atoms with E-state index in [2.05, 4.69) is 29.2 Å². The normalized spacial score (nSPS) is 16.2. The van der Waals surface area contributed by atoms with E-state index in [1.54, 1.807) is 0 Å². The smallest absolute Gasteiger partial charge is 0.299 e. The standard InChI is InChI=1S/C21H23N3O2/c1-16(25)23-19-9-5-6-10-20(19)24(21(23)26)18-11-13-22(14-12-18)15-17-7-3-2-4-8-17/h2-10,18H,11-15H2,1H3. The second kappa shape index (κ2) is 6.92. The fourth-order valence-electron chi connectivity index (χ4n) is 4.01. The largest absolute Gasteiger partial charge is 0.336 e. The van der Waals surface area contributed by atoms with Gasteiger partial charge in [0.1, 0.15) is 0 Å². The van der Waals surface area contributed by atoms with Crippen LogP contribution in [0.15, 0.2) is 59.4 Å². The molecule has 0 unspecified atom stereocenters. The van der Waals surface area contributed by atoms with Crippen LogP contribution in [0.3, 0.4) is 0 Å². The molecular weight excluding hydrogens is 326 g/mol. The van der Waals surface area contributed by atoms with Crippen LogP contribution in [-0.2, 0) is 6.54 Å². The number of fused-ring (bicyclic) bond motifs is 1. The fraction of sp³-hybridized carbons (Fsp3) is 0.333. The van der Waals surface area contributed by atoms with Gasteiger partial charge in [-0.25, -0.2) is 9.36 Å². The van der Waals surface area contributed by atoms with Gasteiger partial charge in [0.25, 0.3) is 0 Å². The number of benzene rings is 2. The Kier molecular flexibility index (Phi) is 4.47. The SMILES string of the molecule is CC(=O)n1c(=O)n(C2CCN(Cc3ccccc3)CC2)c2ccccc21. The summed E-state index contributed by atoms with van der Waals surface area (Å²) in [4.78, 5) is 27.3. The first-order valence-corrected chi connectivity index (χ1v) is 9.14. The zero-order valence-electron chi connectivity index (χ0n) is 15.0. The van der Waals surface area contributed by atoms with Crippen molar-refractivity contribution in [1.29, 1.82) is 0 Å². The Labute approximate surface area is 152 Å². The number of rotatable bonds is 3. The summed E-state index contributed by atoms with van der Waals surface area (Å²) in [7, 11) is 0. The van der Waals surface area contributed by atoms with Gasteiger partial charge in [-0.3, -0.25) is 14.3 Å². The lowest BCUT2D eigenvalue weighted by atomic mass is 10.0. The molecule has 1 aromatic heterocycles. The van der Waals surface area contributed by atoms with E-state index in [-0.39, 0.29) is 17.6 Å². The molecule has 0 bridgehead atoms. The van der Waals surface area contributed by atoms with Gasteiger partial charge in [-0.15, -0.1) is 0 Å². The predicted octanol–water partition coefficient (Wildman–Crippen LogP) is 3.30. The van der Waals surface area contributed by atoms with Gasteiger partial charge in [0.05, 0.1) is 11.0 Å². The first kappa shape index (κ1) is 16.8. The van der Waals surface area contributed by atoms with Crippen LogP contribution in [0.5, 0.6) is 0 Å². The summed E-state index contributed by atoms with van der Waals surface area (Å²) < 4.78 is 3.13. The molecule has 0 amide bonds. The summed E-state index contributed by atoms with van der Waals surface area (Å²) in [6.07, 6.45) is 1.83. The van der Waals surface area contributed by atoms with E-state index in [0.29, 0.717) is 5.52 Å². The van der Waals surface area contributed by atoms with Crippen LogP contribution >= 0.6 is 0 Å². The summed E-state index contributed by atoms with van der Waals surface area (Å²) in [5, 5.41) is 0. The second-order valence-corrected chi connectivity index (χ2v) is 6.99. The lowest BCUT2D eigenvalue weighted by Crippen LogP contribution is -2.38. The lowest BCUT2D eigenvalue weighted by Gasteiger charge is -2.32. The number of carbonyl (C=O) groups is 1. The zero-order chi connectivity index (χ0) is 18.1. The highest BCUT2D eigenvalue weighted by atomic mass is 16.2. The average Bonchev–Trinajstić information content (AvgIpc) is 2.95. The highest BCUT2D eigenvalue weighted by Gasteiger charge is 2.26. The van der Waals surface area contributed by atoms with E-state index in [1.807, 2.05) is 34.9 Å². The Hall–Kier alpha value is -2.66. The van der Waals surface area contributed by atoms with Gasteiger partial charge in [0.15, 0.2) is 0 Å². The van der Waals surface area contributed by atoms with Crippen molar-refractivity contribution in [3.05, 3.63) is 70.6 Å². The van der Waals surface area contributed by atoms with E-state index >= 15 is 0 Å². The molecule has 0 aliphatic carbocycles.